The van der Waals surface area contributed by atoms with E-state index in [0.29, 0.717) is 12.5 Å². The van der Waals surface area contributed by atoms with Crippen molar-refractivity contribution in [2.75, 3.05) is 6.54 Å². The average Bonchev–Trinajstić information content (AvgIpc) is 2.55. The van der Waals surface area contributed by atoms with Gasteiger partial charge in [-0.25, -0.2) is 0 Å². The van der Waals surface area contributed by atoms with Gasteiger partial charge < -0.3 is 11.1 Å². The second kappa shape index (κ2) is 7.60. The van der Waals surface area contributed by atoms with Crippen molar-refractivity contribution in [3.05, 3.63) is 71.8 Å². The highest BCUT2D eigenvalue weighted by atomic mass is 16.2. The summed E-state index contributed by atoms with van der Waals surface area (Å²) in [6.45, 7) is 2.80. The van der Waals surface area contributed by atoms with Crippen LogP contribution in [0.25, 0.3) is 0 Å². The summed E-state index contributed by atoms with van der Waals surface area (Å²) in [5, 5.41) is 2.92. The Labute approximate surface area is 126 Å². The molecule has 21 heavy (non-hydrogen) atoms. The van der Waals surface area contributed by atoms with Crippen LogP contribution in [0.2, 0.25) is 0 Å². The molecule has 2 aromatic carbocycles. The first-order valence-electron chi connectivity index (χ1n) is 7.31. The van der Waals surface area contributed by atoms with E-state index in [1.165, 1.54) is 5.56 Å². The molecule has 0 saturated carbocycles. The predicted octanol–water partition coefficient (Wildman–Crippen LogP) is 3.00. The zero-order valence-corrected chi connectivity index (χ0v) is 12.3. The van der Waals surface area contributed by atoms with E-state index in [1.54, 1.807) is 0 Å². The van der Waals surface area contributed by atoms with Crippen LogP contribution >= 0.6 is 0 Å². The molecule has 0 aliphatic rings. The number of hydrogen-bond acceptors (Lipinski definition) is 2. The Bertz CT molecular complexity index is 554. The van der Waals surface area contributed by atoms with Gasteiger partial charge in [-0.3, -0.25) is 4.79 Å². The first-order chi connectivity index (χ1) is 10.2. The van der Waals surface area contributed by atoms with Gasteiger partial charge in [0.25, 0.3) is 0 Å². The quantitative estimate of drug-likeness (QED) is 0.855. The lowest BCUT2D eigenvalue weighted by molar-refractivity contribution is -0.122. The molecule has 3 nitrogen and oxygen atoms in total. The minimum Gasteiger partial charge on any atom is -0.354 e. The van der Waals surface area contributed by atoms with Gasteiger partial charge in [-0.2, -0.15) is 0 Å². The fraction of sp³-hybridized carbons (Fsp3) is 0.278. The van der Waals surface area contributed by atoms with Crippen LogP contribution in [0.4, 0.5) is 0 Å². The van der Waals surface area contributed by atoms with E-state index in [0.717, 1.165) is 12.0 Å². The first kappa shape index (κ1) is 15.3. The number of nitrogens with two attached hydrogens (primary N) is 1. The maximum Gasteiger partial charge on any atom is 0.241 e. The van der Waals surface area contributed by atoms with Gasteiger partial charge >= 0.3 is 0 Å². The number of carbonyl (C=O) groups excluding carboxylic acids is 1. The van der Waals surface area contributed by atoms with Crippen LogP contribution in [0.5, 0.6) is 0 Å². The van der Waals surface area contributed by atoms with Gasteiger partial charge in [-0.1, -0.05) is 67.6 Å². The molecular formula is C18H22N2O. The van der Waals surface area contributed by atoms with Gasteiger partial charge in [0, 0.05) is 6.54 Å². The molecule has 0 aliphatic carbocycles. The summed E-state index contributed by atoms with van der Waals surface area (Å²) >= 11 is 0. The lowest BCUT2D eigenvalue weighted by atomic mass is 9.98. The Morgan fingerprint density at radius 1 is 1.00 bits per heavy atom. The summed E-state index contributed by atoms with van der Waals surface area (Å²) < 4.78 is 0. The summed E-state index contributed by atoms with van der Waals surface area (Å²) in [5.41, 5.74) is 8.08. The highest BCUT2D eigenvalue weighted by molar-refractivity contribution is 5.82. The van der Waals surface area contributed by atoms with Gasteiger partial charge in [-0.15, -0.1) is 0 Å². The van der Waals surface area contributed by atoms with E-state index in [-0.39, 0.29) is 5.91 Å². The van der Waals surface area contributed by atoms with Gasteiger partial charge in [0.2, 0.25) is 5.91 Å². The number of nitrogens with one attached hydrogen (secondary N) is 1. The molecule has 0 fully saturated rings. The van der Waals surface area contributed by atoms with Crippen molar-refractivity contribution in [3.8, 4) is 0 Å². The number of hydrogen-bond donors (Lipinski definition) is 2. The minimum absolute atomic E-state index is 0.124. The number of amides is 1. The van der Waals surface area contributed by atoms with Crippen molar-refractivity contribution in [2.45, 2.75) is 25.3 Å². The Morgan fingerprint density at radius 3 is 2.10 bits per heavy atom. The smallest absolute Gasteiger partial charge is 0.241 e. The van der Waals surface area contributed by atoms with E-state index in [4.69, 9.17) is 5.73 Å². The molecular weight excluding hydrogens is 260 g/mol. The van der Waals surface area contributed by atoms with Crippen LogP contribution in [0.15, 0.2) is 60.7 Å². The molecule has 0 bridgehead atoms. The highest BCUT2D eigenvalue weighted by Crippen LogP contribution is 2.17. The van der Waals surface area contributed by atoms with Crippen molar-refractivity contribution in [1.29, 1.82) is 0 Å². The summed E-state index contributed by atoms with van der Waals surface area (Å²) in [6, 6.07) is 19.1. The minimum atomic E-state index is -0.599. The summed E-state index contributed by atoms with van der Waals surface area (Å²) in [7, 11) is 0. The standard InChI is InChI=1S/C18H22N2O/c1-14(15-8-4-2-5-9-15)12-13-20-18(21)17(19)16-10-6-3-7-11-16/h2-11,14,17H,12-13,19H2,1H3,(H,20,21). The van der Waals surface area contributed by atoms with Crippen molar-refractivity contribution >= 4 is 5.91 Å². The third-order valence-electron chi connectivity index (χ3n) is 3.69. The molecule has 0 aliphatic heterocycles. The summed E-state index contributed by atoms with van der Waals surface area (Å²) in [4.78, 5) is 12.0. The second-order valence-electron chi connectivity index (χ2n) is 5.28. The van der Waals surface area contributed by atoms with Crippen LogP contribution in [-0.2, 0) is 4.79 Å². The Balaban J connectivity index is 1.79. The molecule has 0 heterocycles. The zero-order chi connectivity index (χ0) is 15.1. The van der Waals surface area contributed by atoms with E-state index >= 15 is 0 Å². The molecule has 2 rings (SSSR count). The molecule has 0 radical (unpaired) electrons. The van der Waals surface area contributed by atoms with Crippen LogP contribution in [0.3, 0.4) is 0 Å². The molecule has 1 amide bonds. The van der Waals surface area contributed by atoms with E-state index in [1.807, 2.05) is 48.5 Å². The zero-order valence-electron chi connectivity index (χ0n) is 12.3. The van der Waals surface area contributed by atoms with Crippen molar-refractivity contribution < 1.29 is 4.79 Å². The third kappa shape index (κ3) is 4.43. The third-order valence-corrected chi connectivity index (χ3v) is 3.69. The van der Waals surface area contributed by atoms with Crippen LogP contribution < -0.4 is 11.1 Å². The predicted molar refractivity (Wildman–Crippen MR) is 85.9 cm³/mol. The first-order valence-corrected chi connectivity index (χ1v) is 7.31. The van der Waals surface area contributed by atoms with E-state index in [2.05, 4.69) is 24.4 Å². The lowest BCUT2D eigenvalue weighted by Gasteiger charge is -2.15. The lowest BCUT2D eigenvalue weighted by Crippen LogP contribution is -2.34. The monoisotopic (exact) mass is 282 g/mol. The molecule has 2 unspecified atom stereocenters. The fourth-order valence-corrected chi connectivity index (χ4v) is 2.28. The molecule has 2 aromatic rings. The average molecular weight is 282 g/mol. The molecule has 0 saturated heterocycles. The Kier molecular flexibility index (Phi) is 5.52. The van der Waals surface area contributed by atoms with Crippen LogP contribution in [0.1, 0.15) is 36.4 Å². The van der Waals surface area contributed by atoms with Gasteiger partial charge in [-0.05, 0) is 23.5 Å². The number of carbonyl (C=O) groups is 1. The molecule has 3 heteroatoms. The van der Waals surface area contributed by atoms with Crippen LogP contribution in [0, 0.1) is 0 Å². The SMILES string of the molecule is CC(CCNC(=O)C(N)c1ccccc1)c1ccccc1. The molecule has 110 valence electrons. The molecule has 0 spiro atoms. The second-order valence-corrected chi connectivity index (χ2v) is 5.28. The van der Waals surface area contributed by atoms with Gasteiger partial charge in [0.1, 0.15) is 6.04 Å². The molecule has 2 atom stereocenters. The maximum atomic E-state index is 12.0. The Morgan fingerprint density at radius 2 is 1.52 bits per heavy atom. The largest absolute Gasteiger partial charge is 0.354 e. The van der Waals surface area contributed by atoms with Crippen molar-refractivity contribution in [3.63, 3.8) is 0 Å². The topological polar surface area (TPSA) is 55.1 Å². The van der Waals surface area contributed by atoms with Crippen molar-refractivity contribution in [1.82, 2.24) is 5.32 Å². The summed E-state index contributed by atoms with van der Waals surface area (Å²) in [6.07, 6.45) is 0.900. The molecule has 0 aromatic heterocycles. The van der Waals surface area contributed by atoms with Gasteiger partial charge in [0.15, 0.2) is 0 Å². The fourth-order valence-electron chi connectivity index (χ4n) is 2.28. The number of rotatable bonds is 6. The van der Waals surface area contributed by atoms with Crippen LogP contribution in [-0.4, -0.2) is 12.5 Å². The Hall–Kier alpha value is -2.13. The summed E-state index contributed by atoms with van der Waals surface area (Å²) in [5.74, 6) is 0.293. The normalized spacial score (nSPS) is 13.4. The van der Waals surface area contributed by atoms with Crippen molar-refractivity contribution in [2.24, 2.45) is 5.73 Å². The van der Waals surface area contributed by atoms with Gasteiger partial charge in [0.05, 0.1) is 0 Å². The molecule has 3 N–H and O–H groups in total. The number of benzene rings is 2. The maximum absolute atomic E-state index is 12.0. The van der Waals surface area contributed by atoms with E-state index in [9.17, 15) is 4.79 Å². The van der Waals surface area contributed by atoms with E-state index < -0.39 is 6.04 Å². The highest BCUT2D eigenvalue weighted by Gasteiger charge is 2.15.